The van der Waals surface area contributed by atoms with Crippen LogP contribution in [-0.2, 0) is 19.1 Å². The van der Waals surface area contributed by atoms with Gasteiger partial charge in [0.2, 0.25) is 0 Å². The molecule has 1 aromatic carbocycles. The minimum Gasteiger partial charge on any atom is -0.480 e. The lowest BCUT2D eigenvalue weighted by molar-refractivity contribution is -0.140. The maximum Gasteiger partial charge on any atom is 0.341 e. The SMILES string of the molecule is C=C(C)C(=O)OCCOC(=O)c1c(I)cc(I)c(OCC(=O)O)c1I. The van der Waals surface area contributed by atoms with Crippen LogP contribution in [0.5, 0.6) is 5.75 Å². The fourth-order valence-corrected chi connectivity index (χ4v) is 5.61. The lowest BCUT2D eigenvalue weighted by atomic mass is 10.2. The van der Waals surface area contributed by atoms with Crippen LogP contribution in [0.25, 0.3) is 0 Å². The number of carbonyl (C=O) groups excluding carboxylic acids is 2. The highest BCUT2D eigenvalue weighted by Crippen LogP contribution is 2.34. The molecule has 0 aliphatic carbocycles. The summed E-state index contributed by atoms with van der Waals surface area (Å²) in [6, 6.07) is 1.69. The molecule has 0 aliphatic rings. The van der Waals surface area contributed by atoms with E-state index in [4.69, 9.17) is 19.3 Å². The summed E-state index contributed by atoms with van der Waals surface area (Å²) < 4.78 is 17.0. The van der Waals surface area contributed by atoms with Crippen molar-refractivity contribution in [1.29, 1.82) is 0 Å². The van der Waals surface area contributed by atoms with Gasteiger partial charge >= 0.3 is 17.9 Å². The number of esters is 2. The Kier molecular flexibility index (Phi) is 9.40. The first-order valence-electron chi connectivity index (χ1n) is 6.67. The first kappa shape index (κ1) is 22.4. The van der Waals surface area contributed by atoms with E-state index in [0.717, 1.165) is 0 Å². The third-order valence-corrected chi connectivity index (χ3v) is 5.25. The van der Waals surface area contributed by atoms with Crippen molar-refractivity contribution in [2.75, 3.05) is 19.8 Å². The van der Waals surface area contributed by atoms with Crippen LogP contribution in [0, 0.1) is 10.7 Å². The normalized spacial score (nSPS) is 10.1. The van der Waals surface area contributed by atoms with Gasteiger partial charge in [0.15, 0.2) is 6.61 Å². The van der Waals surface area contributed by atoms with Crippen molar-refractivity contribution in [3.05, 3.63) is 34.5 Å². The van der Waals surface area contributed by atoms with Crippen molar-refractivity contribution in [3.8, 4) is 5.75 Å². The molecule has 0 bridgehead atoms. The van der Waals surface area contributed by atoms with Crippen LogP contribution >= 0.6 is 67.8 Å². The molecule has 0 fully saturated rings. The van der Waals surface area contributed by atoms with Gasteiger partial charge in [-0.05, 0) is 80.8 Å². The molecule has 0 unspecified atom stereocenters. The Hall–Kier alpha value is -0.640. The number of hydrogen-bond acceptors (Lipinski definition) is 6. The van der Waals surface area contributed by atoms with Gasteiger partial charge in [0, 0.05) is 9.14 Å². The molecule has 0 spiro atoms. The second kappa shape index (κ2) is 10.5. The van der Waals surface area contributed by atoms with E-state index in [1.807, 2.05) is 67.8 Å². The van der Waals surface area contributed by atoms with Crippen LogP contribution < -0.4 is 4.74 Å². The fourth-order valence-electron chi connectivity index (χ4n) is 1.49. The van der Waals surface area contributed by atoms with Crippen molar-refractivity contribution in [1.82, 2.24) is 0 Å². The fraction of sp³-hybridized carbons (Fsp3) is 0.267. The molecule has 0 radical (unpaired) electrons. The summed E-state index contributed by atoms with van der Waals surface area (Å²) in [5.41, 5.74) is 0.529. The summed E-state index contributed by atoms with van der Waals surface area (Å²) in [4.78, 5) is 34.2. The number of rotatable bonds is 8. The highest BCUT2D eigenvalue weighted by Gasteiger charge is 2.22. The van der Waals surface area contributed by atoms with E-state index in [2.05, 4.69) is 6.58 Å². The number of benzene rings is 1. The van der Waals surface area contributed by atoms with Crippen LogP contribution in [0.4, 0.5) is 0 Å². The zero-order valence-corrected chi connectivity index (χ0v) is 19.4. The van der Waals surface area contributed by atoms with Gasteiger partial charge in [-0.25, -0.2) is 14.4 Å². The number of carboxylic acid groups (broad SMARTS) is 1. The molecule has 0 heterocycles. The molecule has 7 nitrogen and oxygen atoms in total. The predicted octanol–water partition coefficient (Wildman–Crippen LogP) is 3.24. The number of halogens is 3. The standard InChI is InChI=1S/C15H13I3O7/c1-7(2)14(21)23-3-4-24-15(22)11-8(16)5-9(17)13(12(11)18)25-6-10(19)20/h5H,1,3-4,6H2,2H3,(H,19,20). The van der Waals surface area contributed by atoms with E-state index in [9.17, 15) is 14.4 Å². The lowest BCUT2D eigenvalue weighted by Gasteiger charge is -2.14. The number of hydrogen-bond donors (Lipinski definition) is 1. The molecule has 0 saturated carbocycles. The molecule has 0 atom stereocenters. The predicted molar refractivity (Wildman–Crippen MR) is 114 cm³/mol. The maximum absolute atomic E-state index is 12.3. The van der Waals surface area contributed by atoms with Crippen LogP contribution in [0.2, 0.25) is 0 Å². The molecule has 10 heteroatoms. The second-order valence-electron chi connectivity index (χ2n) is 4.59. The summed E-state index contributed by atoms with van der Waals surface area (Å²) in [6.07, 6.45) is 0. The van der Waals surface area contributed by atoms with Crippen molar-refractivity contribution >= 4 is 85.7 Å². The maximum atomic E-state index is 12.3. The number of aliphatic carboxylic acids is 1. The number of ether oxygens (including phenoxy) is 3. The van der Waals surface area contributed by atoms with E-state index in [1.54, 1.807) is 6.07 Å². The Bertz CT molecular complexity index is 716. The third kappa shape index (κ3) is 6.88. The number of carboxylic acids is 1. The molecule has 1 aromatic rings. The average Bonchev–Trinajstić information content (AvgIpc) is 2.50. The molecule has 1 rings (SSSR count). The Labute approximate surface area is 184 Å². The molecule has 0 amide bonds. The summed E-state index contributed by atoms with van der Waals surface area (Å²) >= 11 is 5.90. The Morgan fingerprint density at radius 2 is 1.72 bits per heavy atom. The average molecular weight is 686 g/mol. The smallest absolute Gasteiger partial charge is 0.341 e. The zero-order valence-electron chi connectivity index (χ0n) is 12.9. The monoisotopic (exact) mass is 686 g/mol. The summed E-state index contributed by atoms with van der Waals surface area (Å²) in [6.45, 7) is 4.25. The van der Waals surface area contributed by atoms with E-state index < -0.39 is 24.5 Å². The van der Waals surface area contributed by atoms with Crippen molar-refractivity contribution in [2.45, 2.75) is 6.92 Å². The first-order chi connectivity index (χ1) is 11.6. The zero-order chi connectivity index (χ0) is 19.1. The van der Waals surface area contributed by atoms with E-state index in [-0.39, 0.29) is 24.4 Å². The lowest BCUT2D eigenvalue weighted by Crippen LogP contribution is -2.17. The van der Waals surface area contributed by atoms with E-state index in [0.29, 0.717) is 16.5 Å². The van der Waals surface area contributed by atoms with Crippen LogP contribution in [-0.4, -0.2) is 42.8 Å². The van der Waals surface area contributed by atoms with Gasteiger partial charge in [-0.3, -0.25) is 0 Å². The highest BCUT2D eigenvalue weighted by atomic mass is 127. The molecule has 136 valence electrons. The van der Waals surface area contributed by atoms with Gasteiger partial charge in [0.1, 0.15) is 19.0 Å². The molecule has 0 aliphatic heterocycles. The molecule has 25 heavy (non-hydrogen) atoms. The van der Waals surface area contributed by atoms with Gasteiger partial charge in [0.05, 0.1) is 12.7 Å². The Morgan fingerprint density at radius 3 is 2.28 bits per heavy atom. The van der Waals surface area contributed by atoms with Gasteiger partial charge in [-0.2, -0.15) is 0 Å². The van der Waals surface area contributed by atoms with Gasteiger partial charge in [0.25, 0.3) is 0 Å². The Balaban J connectivity index is 2.83. The molecular formula is C15H13I3O7. The summed E-state index contributed by atoms with van der Waals surface area (Å²) in [7, 11) is 0. The molecule has 0 saturated heterocycles. The van der Waals surface area contributed by atoms with E-state index in [1.165, 1.54) is 6.92 Å². The quantitative estimate of drug-likeness (QED) is 0.194. The first-order valence-corrected chi connectivity index (χ1v) is 9.90. The van der Waals surface area contributed by atoms with Crippen LogP contribution in [0.15, 0.2) is 18.2 Å². The van der Waals surface area contributed by atoms with Crippen molar-refractivity contribution < 1.29 is 33.7 Å². The van der Waals surface area contributed by atoms with Gasteiger partial charge in [-0.15, -0.1) is 0 Å². The minimum atomic E-state index is -1.12. The molecular weight excluding hydrogens is 673 g/mol. The second-order valence-corrected chi connectivity index (χ2v) is 8.00. The summed E-state index contributed by atoms with van der Waals surface area (Å²) in [5.74, 6) is -1.98. The largest absolute Gasteiger partial charge is 0.480 e. The van der Waals surface area contributed by atoms with Crippen molar-refractivity contribution in [2.24, 2.45) is 0 Å². The highest BCUT2D eigenvalue weighted by molar-refractivity contribution is 14.1. The molecule has 0 aromatic heterocycles. The topological polar surface area (TPSA) is 99.1 Å². The van der Waals surface area contributed by atoms with Crippen LogP contribution in [0.3, 0.4) is 0 Å². The minimum absolute atomic E-state index is 0.0860. The van der Waals surface area contributed by atoms with Gasteiger partial charge in [-0.1, -0.05) is 6.58 Å². The number of carbonyl (C=O) groups is 3. The third-order valence-electron chi connectivity index (χ3n) is 2.57. The van der Waals surface area contributed by atoms with E-state index >= 15 is 0 Å². The summed E-state index contributed by atoms with van der Waals surface area (Å²) in [5, 5.41) is 8.75. The Morgan fingerprint density at radius 1 is 1.12 bits per heavy atom. The van der Waals surface area contributed by atoms with Crippen LogP contribution in [0.1, 0.15) is 17.3 Å². The molecule has 1 N–H and O–H groups in total. The van der Waals surface area contributed by atoms with Crippen molar-refractivity contribution in [3.63, 3.8) is 0 Å². The van der Waals surface area contributed by atoms with Gasteiger partial charge < -0.3 is 19.3 Å².